The van der Waals surface area contributed by atoms with Crippen molar-refractivity contribution in [2.75, 3.05) is 0 Å². The van der Waals surface area contributed by atoms with Gasteiger partial charge in [0.25, 0.3) is 0 Å². The quantitative estimate of drug-likeness (QED) is 0.732. The van der Waals surface area contributed by atoms with Gasteiger partial charge in [0.2, 0.25) is 0 Å². The Kier molecular flexibility index (Phi) is 2.51. The molecule has 0 fully saturated rings. The minimum atomic E-state index is 0.636. The monoisotopic (exact) mass is 184 g/mol. The molecular formula is C12H12N2. The SMILES string of the molecule is N#CCCCc1cccc2cc[nH]c12. The number of hydrogen-bond acceptors (Lipinski definition) is 1. The van der Waals surface area contributed by atoms with Gasteiger partial charge in [-0.2, -0.15) is 5.26 Å². The smallest absolute Gasteiger partial charge is 0.0621 e. The van der Waals surface area contributed by atoms with Crippen LogP contribution in [0.5, 0.6) is 0 Å². The van der Waals surface area contributed by atoms with Crippen LogP contribution >= 0.6 is 0 Å². The minimum absolute atomic E-state index is 0.636. The van der Waals surface area contributed by atoms with E-state index in [1.165, 1.54) is 16.5 Å². The van der Waals surface area contributed by atoms with E-state index in [2.05, 4.69) is 35.3 Å². The van der Waals surface area contributed by atoms with E-state index >= 15 is 0 Å². The van der Waals surface area contributed by atoms with E-state index in [1.54, 1.807) is 0 Å². The van der Waals surface area contributed by atoms with Crippen LogP contribution in [0.2, 0.25) is 0 Å². The molecule has 2 rings (SSSR count). The normalized spacial score (nSPS) is 10.2. The summed E-state index contributed by atoms with van der Waals surface area (Å²) in [7, 11) is 0. The summed E-state index contributed by atoms with van der Waals surface area (Å²) in [5.41, 5.74) is 2.52. The fourth-order valence-corrected chi connectivity index (χ4v) is 1.72. The number of aryl methyl sites for hydroxylation is 1. The molecule has 0 unspecified atom stereocenters. The highest BCUT2D eigenvalue weighted by atomic mass is 14.7. The lowest BCUT2D eigenvalue weighted by Gasteiger charge is -2.00. The maximum atomic E-state index is 8.46. The topological polar surface area (TPSA) is 39.6 Å². The van der Waals surface area contributed by atoms with E-state index < -0.39 is 0 Å². The zero-order chi connectivity index (χ0) is 9.80. The summed E-state index contributed by atoms with van der Waals surface area (Å²) in [6.07, 6.45) is 4.51. The molecule has 2 aromatic rings. The van der Waals surface area contributed by atoms with Crippen LogP contribution in [0.15, 0.2) is 30.5 Å². The molecule has 0 amide bonds. The van der Waals surface area contributed by atoms with Crippen molar-refractivity contribution in [2.45, 2.75) is 19.3 Å². The third-order valence-corrected chi connectivity index (χ3v) is 2.41. The molecule has 0 aliphatic rings. The van der Waals surface area contributed by atoms with Crippen molar-refractivity contribution in [1.82, 2.24) is 4.98 Å². The van der Waals surface area contributed by atoms with Crippen molar-refractivity contribution in [1.29, 1.82) is 5.26 Å². The summed E-state index contributed by atoms with van der Waals surface area (Å²) in [5.74, 6) is 0. The Balaban J connectivity index is 2.24. The van der Waals surface area contributed by atoms with Gasteiger partial charge in [-0.15, -0.1) is 0 Å². The number of H-pyrrole nitrogens is 1. The van der Waals surface area contributed by atoms with Crippen LogP contribution in [-0.2, 0) is 6.42 Å². The zero-order valence-electron chi connectivity index (χ0n) is 7.96. The number of para-hydroxylation sites is 1. The van der Waals surface area contributed by atoms with Gasteiger partial charge in [0.15, 0.2) is 0 Å². The molecule has 2 heteroatoms. The Hall–Kier alpha value is -1.75. The first kappa shape index (κ1) is 8.83. The molecular weight excluding hydrogens is 172 g/mol. The van der Waals surface area contributed by atoms with Crippen molar-refractivity contribution < 1.29 is 0 Å². The van der Waals surface area contributed by atoms with Gasteiger partial charge in [-0.3, -0.25) is 0 Å². The summed E-state index contributed by atoms with van der Waals surface area (Å²) in [4.78, 5) is 3.23. The number of hydrogen-bond donors (Lipinski definition) is 1. The number of nitriles is 1. The molecule has 1 N–H and O–H groups in total. The molecule has 1 aromatic carbocycles. The summed E-state index contributed by atoms with van der Waals surface area (Å²) < 4.78 is 0. The minimum Gasteiger partial charge on any atom is -0.361 e. The number of aromatic nitrogens is 1. The number of fused-ring (bicyclic) bond motifs is 1. The first-order valence-corrected chi connectivity index (χ1v) is 4.84. The molecule has 2 nitrogen and oxygen atoms in total. The van der Waals surface area contributed by atoms with E-state index in [-0.39, 0.29) is 0 Å². The molecule has 70 valence electrons. The van der Waals surface area contributed by atoms with E-state index in [9.17, 15) is 0 Å². The fraction of sp³-hybridized carbons (Fsp3) is 0.250. The second-order valence-corrected chi connectivity index (χ2v) is 3.37. The molecule has 1 aromatic heterocycles. The second kappa shape index (κ2) is 3.97. The predicted octanol–water partition coefficient (Wildman–Crippen LogP) is 3.01. The molecule has 0 aliphatic carbocycles. The third-order valence-electron chi connectivity index (χ3n) is 2.41. The summed E-state index contributed by atoms with van der Waals surface area (Å²) in [5, 5.41) is 9.71. The third kappa shape index (κ3) is 1.62. The van der Waals surface area contributed by atoms with Crippen LogP contribution in [0.3, 0.4) is 0 Å². The summed E-state index contributed by atoms with van der Waals surface area (Å²) in [6.45, 7) is 0. The highest BCUT2D eigenvalue weighted by Gasteiger charge is 2.00. The zero-order valence-corrected chi connectivity index (χ0v) is 7.96. The van der Waals surface area contributed by atoms with Gasteiger partial charge in [0, 0.05) is 18.1 Å². The predicted molar refractivity (Wildman–Crippen MR) is 56.8 cm³/mol. The first-order chi connectivity index (χ1) is 6.92. The van der Waals surface area contributed by atoms with Gasteiger partial charge >= 0.3 is 0 Å². The van der Waals surface area contributed by atoms with Gasteiger partial charge in [0.05, 0.1) is 6.07 Å². The van der Waals surface area contributed by atoms with Crippen LogP contribution in [0.1, 0.15) is 18.4 Å². The highest BCUT2D eigenvalue weighted by molar-refractivity contribution is 5.82. The average molecular weight is 184 g/mol. The van der Waals surface area contributed by atoms with E-state index in [0.717, 1.165) is 12.8 Å². The molecule has 0 spiro atoms. The summed E-state index contributed by atoms with van der Waals surface area (Å²) >= 11 is 0. The average Bonchev–Trinajstić information content (AvgIpc) is 2.67. The lowest BCUT2D eigenvalue weighted by Crippen LogP contribution is -1.86. The second-order valence-electron chi connectivity index (χ2n) is 3.37. The number of aromatic amines is 1. The molecule has 0 saturated heterocycles. The van der Waals surface area contributed by atoms with E-state index in [1.807, 2.05) is 6.20 Å². The Morgan fingerprint density at radius 1 is 1.29 bits per heavy atom. The molecule has 0 bridgehead atoms. The van der Waals surface area contributed by atoms with Gasteiger partial charge in [-0.1, -0.05) is 18.2 Å². The number of nitrogens with one attached hydrogen (secondary N) is 1. The Morgan fingerprint density at radius 3 is 3.07 bits per heavy atom. The first-order valence-electron chi connectivity index (χ1n) is 4.84. The number of nitrogens with zero attached hydrogens (tertiary/aromatic N) is 1. The van der Waals surface area contributed by atoms with Crippen molar-refractivity contribution >= 4 is 10.9 Å². The Morgan fingerprint density at radius 2 is 2.21 bits per heavy atom. The Labute approximate surface area is 83.2 Å². The van der Waals surface area contributed by atoms with Crippen molar-refractivity contribution in [3.8, 4) is 6.07 Å². The molecule has 0 aliphatic heterocycles. The van der Waals surface area contributed by atoms with Gasteiger partial charge in [-0.25, -0.2) is 0 Å². The maximum Gasteiger partial charge on any atom is 0.0621 e. The van der Waals surface area contributed by atoms with Gasteiger partial charge in [0.1, 0.15) is 0 Å². The number of benzene rings is 1. The van der Waals surface area contributed by atoms with Crippen LogP contribution < -0.4 is 0 Å². The largest absolute Gasteiger partial charge is 0.361 e. The van der Waals surface area contributed by atoms with Crippen molar-refractivity contribution in [2.24, 2.45) is 0 Å². The molecule has 0 atom stereocenters. The van der Waals surface area contributed by atoms with Crippen LogP contribution in [0.25, 0.3) is 10.9 Å². The molecule has 0 radical (unpaired) electrons. The molecule has 14 heavy (non-hydrogen) atoms. The van der Waals surface area contributed by atoms with Crippen molar-refractivity contribution in [3.63, 3.8) is 0 Å². The lowest BCUT2D eigenvalue weighted by molar-refractivity contribution is 0.854. The summed E-state index contributed by atoms with van der Waals surface area (Å²) in [6, 6.07) is 10.5. The van der Waals surface area contributed by atoms with Crippen LogP contribution in [0.4, 0.5) is 0 Å². The highest BCUT2D eigenvalue weighted by Crippen LogP contribution is 2.18. The molecule has 1 heterocycles. The van der Waals surface area contributed by atoms with E-state index in [4.69, 9.17) is 5.26 Å². The number of unbranched alkanes of at least 4 members (excludes halogenated alkanes) is 1. The van der Waals surface area contributed by atoms with Gasteiger partial charge < -0.3 is 4.98 Å². The number of rotatable bonds is 3. The standard InChI is InChI=1S/C12H12N2/c13-8-2-1-4-10-5-3-6-11-7-9-14-12(10)11/h3,5-7,9,14H,1-2,4H2. The fourth-order valence-electron chi connectivity index (χ4n) is 1.72. The van der Waals surface area contributed by atoms with Crippen LogP contribution in [-0.4, -0.2) is 4.98 Å². The van der Waals surface area contributed by atoms with E-state index in [0.29, 0.717) is 6.42 Å². The van der Waals surface area contributed by atoms with Crippen LogP contribution in [0, 0.1) is 11.3 Å². The van der Waals surface area contributed by atoms with Crippen molar-refractivity contribution in [3.05, 3.63) is 36.0 Å². The maximum absolute atomic E-state index is 8.46. The Bertz CT molecular complexity index is 462. The van der Waals surface area contributed by atoms with Gasteiger partial charge in [-0.05, 0) is 29.9 Å². The lowest BCUT2D eigenvalue weighted by atomic mass is 10.1. The molecule has 0 saturated carbocycles.